The van der Waals surface area contributed by atoms with Gasteiger partial charge in [0.2, 0.25) is 0 Å². The third-order valence-electron chi connectivity index (χ3n) is 1.56. The molecule has 0 aromatic carbocycles. The fourth-order valence-electron chi connectivity index (χ4n) is 1.00. The van der Waals surface area contributed by atoms with Gasteiger partial charge in [-0.15, -0.1) is 0 Å². The first-order chi connectivity index (χ1) is 4.66. The van der Waals surface area contributed by atoms with E-state index in [-0.39, 0.29) is 17.4 Å². The van der Waals surface area contributed by atoms with Crippen molar-refractivity contribution in [2.45, 2.75) is 19.9 Å². The first-order valence-electron chi connectivity index (χ1n) is 3.08. The summed E-state index contributed by atoms with van der Waals surface area (Å²) >= 11 is 0. The van der Waals surface area contributed by atoms with Crippen molar-refractivity contribution in [3.05, 3.63) is 11.3 Å². The number of ketones is 1. The fourth-order valence-corrected chi connectivity index (χ4v) is 1.00. The number of allylic oxidation sites excluding steroid dienone is 1. The largest absolute Gasteiger partial charge is 0.378 e. The minimum Gasteiger partial charge on any atom is -0.378 e. The monoisotopic (exact) mass is 136 g/mol. The molecule has 0 radical (unpaired) electrons. The molecule has 52 valence electrons. The maximum atomic E-state index is 11.0. The number of hydrogen-bond donors (Lipinski definition) is 1. The fraction of sp³-hybridized carbons (Fsp3) is 0.429. The Morgan fingerprint density at radius 2 is 2.30 bits per heavy atom. The van der Waals surface area contributed by atoms with Gasteiger partial charge in [0.05, 0.1) is 6.04 Å². The summed E-state index contributed by atoms with van der Waals surface area (Å²) in [6, 6.07) is 1.65. The molecule has 0 saturated heterocycles. The zero-order chi connectivity index (χ0) is 7.72. The molecule has 3 heteroatoms. The topological polar surface area (TPSA) is 52.9 Å². The third kappa shape index (κ3) is 0.781. The minimum atomic E-state index is -0.213. The van der Waals surface area contributed by atoms with Crippen molar-refractivity contribution in [3.8, 4) is 6.07 Å². The molecule has 1 rings (SSSR count). The van der Waals surface area contributed by atoms with Crippen molar-refractivity contribution < 1.29 is 4.79 Å². The van der Waals surface area contributed by atoms with Gasteiger partial charge in [-0.05, 0) is 13.8 Å². The van der Waals surface area contributed by atoms with Gasteiger partial charge in [-0.1, -0.05) is 0 Å². The SMILES string of the molecule is CC1=C(C#N)C(=O)[C@H](C)N1. The highest BCUT2D eigenvalue weighted by atomic mass is 16.1. The first kappa shape index (κ1) is 6.81. The van der Waals surface area contributed by atoms with Gasteiger partial charge in [0, 0.05) is 5.70 Å². The number of nitriles is 1. The number of Topliss-reactive ketones (excluding diaryl/α,β-unsaturated/α-hetero) is 1. The lowest BCUT2D eigenvalue weighted by atomic mass is 10.1. The molecule has 0 aromatic heterocycles. The van der Waals surface area contributed by atoms with Crippen molar-refractivity contribution in [3.63, 3.8) is 0 Å². The summed E-state index contributed by atoms with van der Waals surface area (Å²) in [6.45, 7) is 3.48. The molecule has 10 heavy (non-hydrogen) atoms. The Labute approximate surface area is 59.3 Å². The van der Waals surface area contributed by atoms with Crippen LogP contribution < -0.4 is 5.32 Å². The summed E-state index contributed by atoms with van der Waals surface area (Å²) < 4.78 is 0. The van der Waals surface area contributed by atoms with Gasteiger partial charge < -0.3 is 5.32 Å². The van der Waals surface area contributed by atoms with Gasteiger partial charge in [0.1, 0.15) is 11.6 Å². The average molecular weight is 136 g/mol. The van der Waals surface area contributed by atoms with E-state index in [0.29, 0.717) is 5.70 Å². The Morgan fingerprint density at radius 3 is 2.50 bits per heavy atom. The predicted octanol–water partition coefficient (Wildman–Crippen LogP) is 0.345. The van der Waals surface area contributed by atoms with Crippen molar-refractivity contribution in [2.75, 3.05) is 0 Å². The summed E-state index contributed by atoms with van der Waals surface area (Å²) in [6.07, 6.45) is 0. The van der Waals surface area contributed by atoms with Crippen LogP contribution in [-0.2, 0) is 4.79 Å². The number of carbonyl (C=O) groups is 1. The third-order valence-corrected chi connectivity index (χ3v) is 1.56. The van der Waals surface area contributed by atoms with Gasteiger partial charge in [0.15, 0.2) is 5.78 Å². The number of carbonyl (C=O) groups excluding carboxylic acids is 1. The van der Waals surface area contributed by atoms with Crippen LogP contribution in [0.4, 0.5) is 0 Å². The summed E-state index contributed by atoms with van der Waals surface area (Å²) in [5, 5.41) is 11.3. The molecule has 1 aliphatic heterocycles. The highest BCUT2D eigenvalue weighted by Crippen LogP contribution is 2.12. The molecular formula is C7H8N2O. The molecule has 0 amide bonds. The highest BCUT2D eigenvalue weighted by molar-refractivity contribution is 6.05. The molecule has 3 nitrogen and oxygen atoms in total. The number of rotatable bonds is 0. The number of nitrogens with zero attached hydrogens (tertiary/aromatic N) is 1. The van der Waals surface area contributed by atoms with E-state index in [1.807, 2.05) is 6.07 Å². The van der Waals surface area contributed by atoms with E-state index in [0.717, 1.165) is 0 Å². The normalized spacial score (nSPS) is 24.5. The lowest BCUT2D eigenvalue weighted by Gasteiger charge is -1.99. The van der Waals surface area contributed by atoms with E-state index in [2.05, 4.69) is 5.32 Å². The highest BCUT2D eigenvalue weighted by Gasteiger charge is 2.26. The zero-order valence-electron chi connectivity index (χ0n) is 5.93. The van der Waals surface area contributed by atoms with Gasteiger partial charge in [-0.2, -0.15) is 5.26 Å². The van der Waals surface area contributed by atoms with Crippen molar-refractivity contribution in [1.82, 2.24) is 5.32 Å². The number of nitrogens with one attached hydrogen (secondary N) is 1. The van der Waals surface area contributed by atoms with E-state index in [1.165, 1.54) is 0 Å². The standard InChI is InChI=1S/C7H8N2O/c1-4-6(3-8)7(10)5(2)9-4/h5,9H,1-2H3/t5-/m0/s1. The molecule has 1 heterocycles. The zero-order valence-corrected chi connectivity index (χ0v) is 5.93. The second-order valence-corrected chi connectivity index (χ2v) is 2.34. The second kappa shape index (κ2) is 2.14. The Kier molecular flexibility index (Phi) is 1.46. The van der Waals surface area contributed by atoms with Gasteiger partial charge in [-0.3, -0.25) is 4.79 Å². The molecule has 0 spiro atoms. The van der Waals surface area contributed by atoms with Gasteiger partial charge >= 0.3 is 0 Å². The molecule has 1 aliphatic rings. The van der Waals surface area contributed by atoms with Gasteiger partial charge in [-0.25, -0.2) is 0 Å². The molecule has 0 saturated carbocycles. The molecule has 0 unspecified atom stereocenters. The van der Waals surface area contributed by atoms with Crippen LogP contribution in [0.15, 0.2) is 11.3 Å². The molecule has 0 bridgehead atoms. The lowest BCUT2D eigenvalue weighted by molar-refractivity contribution is -0.115. The predicted molar refractivity (Wildman–Crippen MR) is 35.9 cm³/mol. The maximum Gasteiger partial charge on any atom is 0.196 e. The van der Waals surface area contributed by atoms with E-state index >= 15 is 0 Å². The Bertz CT molecular complexity index is 247. The molecule has 0 aliphatic carbocycles. The van der Waals surface area contributed by atoms with E-state index in [1.54, 1.807) is 13.8 Å². The van der Waals surface area contributed by atoms with Crippen LogP contribution in [0.3, 0.4) is 0 Å². The Balaban J connectivity index is 2.99. The molecule has 1 atom stereocenters. The maximum absolute atomic E-state index is 11.0. The van der Waals surface area contributed by atoms with Gasteiger partial charge in [0.25, 0.3) is 0 Å². The van der Waals surface area contributed by atoms with E-state index < -0.39 is 0 Å². The minimum absolute atomic E-state index is 0.0972. The summed E-state index contributed by atoms with van der Waals surface area (Å²) in [5.74, 6) is -0.0972. The second-order valence-electron chi connectivity index (χ2n) is 2.34. The average Bonchev–Trinajstić information content (AvgIpc) is 2.09. The van der Waals surface area contributed by atoms with Crippen LogP contribution in [0.1, 0.15) is 13.8 Å². The van der Waals surface area contributed by atoms with Crippen LogP contribution >= 0.6 is 0 Å². The van der Waals surface area contributed by atoms with Crippen molar-refractivity contribution >= 4 is 5.78 Å². The van der Waals surface area contributed by atoms with E-state index in [4.69, 9.17) is 5.26 Å². The van der Waals surface area contributed by atoms with Crippen LogP contribution in [0, 0.1) is 11.3 Å². The Hall–Kier alpha value is -1.30. The van der Waals surface area contributed by atoms with Crippen LogP contribution in [0.5, 0.6) is 0 Å². The molecule has 1 N–H and O–H groups in total. The summed E-state index contributed by atoms with van der Waals surface area (Å²) in [4.78, 5) is 11.0. The summed E-state index contributed by atoms with van der Waals surface area (Å²) in [5.41, 5.74) is 0.965. The lowest BCUT2D eigenvalue weighted by Crippen LogP contribution is -2.24. The first-order valence-corrected chi connectivity index (χ1v) is 3.08. The molecule has 0 fully saturated rings. The number of hydrogen-bond acceptors (Lipinski definition) is 3. The van der Waals surface area contributed by atoms with Crippen molar-refractivity contribution in [2.24, 2.45) is 0 Å². The van der Waals surface area contributed by atoms with Crippen LogP contribution in [0.2, 0.25) is 0 Å². The van der Waals surface area contributed by atoms with E-state index in [9.17, 15) is 4.79 Å². The molecular weight excluding hydrogens is 128 g/mol. The molecule has 0 aromatic rings. The quantitative estimate of drug-likeness (QED) is 0.522. The van der Waals surface area contributed by atoms with Crippen LogP contribution in [0.25, 0.3) is 0 Å². The smallest absolute Gasteiger partial charge is 0.196 e. The van der Waals surface area contributed by atoms with Crippen molar-refractivity contribution in [1.29, 1.82) is 5.26 Å². The Morgan fingerprint density at radius 1 is 1.70 bits per heavy atom. The summed E-state index contributed by atoms with van der Waals surface area (Å²) in [7, 11) is 0. The van der Waals surface area contributed by atoms with Crippen LogP contribution in [-0.4, -0.2) is 11.8 Å².